The van der Waals surface area contributed by atoms with Gasteiger partial charge in [0, 0.05) is 13.1 Å². The molecule has 1 heterocycles. The number of carbonyl (C=O) groups excluding carboxylic acids is 1. The molecule has 0 aliphatic carbocycles. The molecule has 1 fully saturated rings. The topological polar surface area (TPSA) is 84.6 Å². The molecule has 3 atom stereocenters. The summed E-state index contributed by atoms with van der Waals surface area (Å²) >= 11 is 0. The Kier molecular flexibility index (Phi) is 3.32. The smallest absolute Gasteiger partial charge is 0.242 e. The minimum Gasteiger partial charge on any atom is -0.388 e. The second-order valence-electron chi connectivity index (χ2n) is 4.14. The SMILES string of the molecule is CCC(C)(C#N)C(=O)N1CC(O)C(O)C1. The predicted molar refractivity (Wildman–Crippen MR) is 52.6 cm³/mol. The molecule has 1 aliphatic heterocycles. The van der Waals surface area contributed by atoms with Gasteiger partial charge in [0.25, 0.3) is 0 Å². The average Bonchev–Trinajstić information content (AvgIpc) is 2.57. The van der Waals surface area contributed by atoms with Crippen LogP contribution >= 0.6 is 0 Å². The zero-order chi connectivity index (χ0) is 11.6. The van der Waals surface area contributed by atoms with Gasteiger partial charge in [-0.15, -0.1) is 0 Å². The van der Waals surface area contributed by atoms with Crippen LogP contribution in [0.2, 0.25) is 0 Å². The van der Waals surface area contributed by atoms with E-state index in [2.05, 4.69) is 0 Å². The Bertz CT molecular complexity index is 290. The third-order valence-electron chi connectivity index (χ3n) is 2.97. The Labute approximate surface area is 88.9 Å². The van der Waals surface area contributed by atoms with E-state index in [4.69, 9.17) is 5.26 Å². The van der Waals surface area contributed by atoms with Crippen molar-refractivity contribution in [3.05, 3.63) is 0 Å². The van der Waals surface area contributed by atoms with E-state index >= 15 is 0 Å². The Balaban J connectivity index is 2.75. The summed E-state index contributed by atoms with van der Waals surface area (Å²) in [7, 11) is 0. The summed E-state index contributed by atoms with van der Waals surface area (Å²) in [6.07, 6.45) is -1.37. The highest BCUT2D eigenvalue weighted by molar-refractivity contribution is 5.85. The van der Waals surface area contributed by atoms with Gasteiger partial charge in [-0.3, -0.25) is 4.79 Å². The first-order chi connectivity index (χ1) is 6.94. The van der Waals surface area contributed by atoms with E-state index in [0.717, 1.165) is 0 Å². The maximum atomic E-state index is 11.9. The highest BCUT2D eigenvalue weighted by Crippen LogP contribution is 2.25. The van der Waals surface area contributed by atoms with E-state index in [0.29, 0.717) is 6.42 Å². The average molecular weight is 212 g/mol. The molecule has 0 aromatic heterocycles. The summed E-state index contributed by atoms with van der Waals surface area (Å²) in [6.45, 7) is 3.56. The van der Waals surface area contributed by atoms with Crippen LogP contribution < -0.4 is 0 Å². The van der Waals surface area contributed by atoms with Gasteiger partial charge in [0.15, 0.2) is 0 Å². The number of aliphatic hydroxyl groups is 2. The van der Waals surface area contributed by atoms with Crippen LogP contribution in [0.15, 0.2) is 0 Å². The van der Waals surface area contributed by atoms with Gasteiger partial charge in [0.1, 0.15) is 5.41 Å². The molecule has 0 aromatic rings. The molecule has 1 saturated heterocycles. The van der Waals surface area contributed by atoms with E-state index in [1.54, 1.807) is 13.8 Å². The molecular formula is C10H16N2O3. The van der Waals surface area contributed by atoms with Crippen LogP contribution in [0, 0.1) is 16.7 Å². The molecule has 0 aromatic carbocycles. The summed E-state index contributed by atoms with van der Waals surface area (Å²) in [4.78, 5) is 13.3. The summed E-state index contributed by atoms with van der Waals surface area (Å²) in [5, 5.41) is 27.5. The third-order valence-corrected chi connectivity index (χ3v) is 2.97. The van der Waals surface area contributed by atoms with Gasteiger partial charge in [-0.1, -0.05) is 6.92 Å². The summed E-state index contributed by atoms with van der Waals surface area (Å²) in [5.41, 5.74) is -1.05. The zero-order valence-corrected chi connectivity index (χ0v) is 8.97. The molecule has 15 heavy (non-hydrogen) atoms. The molecule has 0 saturated carbocycles. The van der Waals surface area contributed by atoms with Gasteiger partial charge < -0.3 is 15.1 Å². The van der Waals surface area contributed by atoms with Crippen LogP contribution in [0.1, 0.15) is 20.3 Å². The quantitative estimate of drug-likeness (QED) is 0.645. The molecule has 1 aliphatic rings. The first-order valence-corrected chi connectivity index (χ1v) is 5.01. The second kappa shape index (κ2) is 4.17. The lowest BCUT2D eigenvalue weighted by molar-refractivity contribution is -0.137. The molecule has 0 spiro atoms. The van der Waals surface area contributed by atoms with Gasteiger partial charge in [-0.25, -0.2) is 0 Å². The number of nitrogens with zero attached hydrogens (tertiary/aromatic N) is 2. The van der Waals surface area contributed by atoms with E-state index in [1.807, 2.05) is 6.07 Å². The lowest BCUT2D eigenvalue weighted by Crippen LogP contribution is -2.40. The van der Waals surface area contributed by atoms with Crippen LogP contribution in [0.4, 0.5) is 0 Å². The number of hydrogen-bond acceptors (Lipinski definition) is 4. The number of aliphatic hydroxyl groups excluding tert-OH is 2. The van der Waals surface area contributed by atoms with Crippen molar-refractivity contribution in [2.24, 2.45) is 5.41 Å². The largest absolute Gasteiger partial charge is 0.388 e. The molecular weight excluding hydrogens is 196 g/mol. The number of amides is 1. The number of rotatable bonds is 2. The second-order valence-corrected chi connectivity index (χ2v) is 4.14. The van der Waals surface area contributed by atoms with Crippen molar-refractivity contribution in [2.45, 2.75) is 32.5 Å². The highest BCUT2D eigenvalue weighted by Gasteiger charge is 2.40. The van der Waals surface area contributed by atoms with E-state index in [-0.39, 0.29) is 19.0 Å². The van der Waals surface area contributed by atoms with E-state index in [9.17, 15) is 15.0 Å². The highest BCUT2D eigenvalue weighted by atomic mass is 16.3. The van der Waals surface area contributed by atoms with Crippen LogP contribution in [0.5, 0.6) is 0 Å². The molecule has 5 nitrogen and oxygen atoms in total. The first kappa shape index (κ1) is 12.0. The van der Waals surface area contributed by atoms with Crippen molar-refractivity contribution in [1.82, 2.24) is 4.90 Å². The molecule has 2 N–H and O–H groups in total. The molecule has 1 rings (SSSR count). The lowest BCUT2D eigenvalue weighted by atomic mass is 9.88. The third kappa shape index (κ3) is 2.11. The summed E-state index contributed by atoms with van der Waals surface area (Å²) in [5.74, 6) is -0.317. The summed E-state index contributed by atoms with van der Waals surface area (Å²) in [6, 6.07) is 1.98. The van der Waals surface area contributed by atoms with Crippen LogP contribution in [0.25, 0.3) is 0 Å². The van der Waals surface area contributed by atoms with E-state index < -0.39 is 17.6 Å². The Morgan fingerprint density at radius 3 is 2.33 bits per heavy atom. The normalized spacial score (nSPS) is 29.7. The summed E-state index contributed by atoms with van der Waals surface area (Å²) < 4.78 is 0. The number of hydrogen-bond donors (Lipinski definition) is 2. The minimum absolute atomic E-state index is 0.108. The molecule has 1 amide bonds. The fourth-order valence-corrected chi connectivity index (χ4v) is 1.56. The zero-order valence-electron chi connectivity index (χ0n) is 8.97. The monoisotopic (exact) mass is 212 g/mol. The molecule has 3 unspecified atom stereocenters. The van der Waals surface area contributed by atoms with Gasteiger partial charge in [0.05, 0.1) is 18.3 Å². The van der Waals surface area contributed by atoms with Crippen molar-refractivity contribution in [2.75, 3.05) is 13.1 Å². The van der Waals surface area contributed by atoms with Gasteiger partial charge >= 0.3 is 0 Å². The molecule has 0 radical (unpaired) electrons. The minimum atomic E-state index is -1.05. The standard InChI is InChI=1S/C10H16N2O3/c1-3-10(2,6-11)9(15)12-4-7(13)8(14)5-12/h7-8,13-14H,3-5H2,1-2H3. The molecule has 84 valence electrons. The van der Waals surface area contributed by atoms with Crippen LogP contribution in [-0.4, -0.2) is 46.3 Å². The van der Waals surface area contributed by atoms with Crippen LogP contribution in [0.3, 0.4) is 0 Å². The van der Waals surface area contributed by atoms with Crippen molar-refractivity contribution < 1.29 is 15.0 Å². The van der Waals surface area contributed by atoms with Crippen molar-refractivity contribution in [3.63, 3.8) is 0 Å². The number of likely N-dealkylation sites (tertiary alicyclic amines) is 1. The Hall–Kier alpha value is -1.12. The van der Waals surface area contributed by atoms with Crippen LogP contribution in [-0.2, 0) is 4.79 Å². The molecule has 5 heteroatoms. The fourth-order valence-electron chi connectivity index (χ4n) is 1.56. The lowest BCUT2D eigenvalue weighted by Gasteiger charge is -2.25. The predicted octanol–water partition coefficient (Wildman–Crippen LogP) is -0.510. The van der Waals surface area contributed by atoms with Gasteiger partial charge in [-0.05, 0) is 13.3 Å². The van der Waals surface area contributed by atoms with Gasteiger partial charge in [0.2, 0.25) is 5.91 Å². The maximum absolute atomic E-state index is 11.9. The molecule has 0 bridgehead atoms. The fraction of sp³-hybridized carbons (Fsp3) is 0.800. The Morgan fingerprint density at radius 1 is 1.53 bits per heavy atom. The maximum Gasteiger partial charge on any atom is 0.242 e. The van der Waals surface area contributed by atoms with Crippen molar-refractivity contribution in [1.29, 1.82) is 5.26 Å². The first-order valence-electron chi connectivity index (χ1n) is 5.01. The Morgan fingerprint density at radius 2 is 2.00 bits per heavy atom. The number of nitriles is 1. The van der Waals surface area contributed by atoms with Crippen molar-refractivity contribution in [3.8, 4) is 6.07 Å². The number of carbonyl (C=O) groups is 1. The van der Waals surface area contributed by atoms with Gasteiger partial charge in [-0.2, -0.15) is 5.26 Å². The number of β-amino-alcohol motifs (C(OH)–C–C–N with tert-alkyl or cyclic N) is 2. The van der Waals surface area contributed by atoms with E-state index in [1.165, 1.54) is 4.90 Å². The van der Waals surface area contributed by atoms with Crippen molar-refractivity contribution >= 4 is 5.91 Å².